The van der Waals surface area contributed by atoms with Gasteiger partial charge in [0.15, 0.2) is 6.23 Å². The zero-order chi connectivity index (χ0) is 26.6. The summed E-state index contributed by atoms with van der Waals surface area (Å²) in [6.45, 7) is 2.30. The zero-order valence-corrected chi connectivity index (χ0v) is 21.6. The smallest absolute Gasteiger partial charge is 0.330 e. The van der Waals surface area contributed by atoms with E-state index >= 15 is 0 Å². The molecular formula is C29H37N3O6. The van der Waals surface area contributed by atoms with Crippen molar-refractivity contribution in [3.8, 4) is 0 Å². The Kier molecular flexibility index (Phi) is 6.78. The molecule has 1 saturated heterocycles. The van der Waals surface area contributed by atoms with Crippen molar-refractivity contribution in [2.45, 2.75) is 57.1 Å². The maximum Gasteiger partial charge on any atom is 0.330 e. The Labute approximate surface area is 221 Å². The lowest BCUT2D eigenvalue weighted by atomic mass is 10.1. The minimum Gasteiger partial charge on any atom is -0.387 e. The van der Waals surface area contributed by atoms with E-state index in [9.17, 15) is 24.6 Å². The topological polar surface area (TPSA) is 134 Å². The summed E-state index contributed by atoms with van der Waals surface area (Å²) in [5, 5.41) is 23.2. The number of aromatic amines is 1. The first-order chi connectivity index (χ1) is 18.3. The first kappa shape index (κ1) is 25.5. The standard InChI is InChI=1S/C29H37N3O6/c1-15-10-16(15)6-7-18-12-20(18)22-13-21(22)19-11-17(19)4-2-3-5-24(33)30-14-23-26(35)27(36)28(38-23)32-9-8-25(34)31-29(32)37/h2-9,15-23,26-28,35-36H,10-14H2,1H3,(H,30,33)(H,31,34,37)/b4-2+,5-3+,7-6+/t15-,16-,17+,18-,19-,20+,21+,22-,23-,26-,27-,28-/m1/s1. The van der Waals surface area contributed by atoms with E-state index in [1.54, 1.807) is 6.08 Å². The molecule has 4 N–H and O–H groups in total. The molecule has 1 aliphatic heterocycles. The van der Waals surface area contributed by atoms with Crippen LogP contribution in [-0.2, 0) is 9.53 Å². The molecule has 5 fully saturated rings. The minimum absolute atomic E-state index is 0.0372. The van der Waals surface area contributed by atoms with Crippen LogP contribution in [0.15, 0.2) is 58.3 Å². The summed E-state index contributed by atoms with van der Waals surface area (Å²) in [5.74, 6) is 6.42. The van der Waals surface area contributed by atoms with Gasteiger partial charge < -0.3 is 20.3 Å². The van der Waals surface area contributed by atoms with Gasteiger partial charge in [0.2, 0.25) is 5.91 Å². The van der Waals surface area contributed by atoms with Crippen LogP contribution in [0.1, 0.15) is 38.8 Å². The molecule has 6 rings (SSSR count). The summed E-state index contributed by atoms with van der Waals surface area (Å²) in [6, 6.07) is 1.13. The van der Waals surface area contributed by atoms with E-state index in [4.69, 9.17) is 4.74 Å². The highest BCUT2D eigenvalue weighted by molar-refractivity contribution is 5.87. The summed E-state index contributed by atoms with van der Waals surface area (Å²) < 4.78 is 6.61. The Morgan fingerprint density at radius 3 is 2.37 bits per heavy atom. The normalized spacial score (nSPS) is 43.2. The lowest BCUT2D eigenvalue weighted by Gasteiger charge is -2.16. The molecule has 0 bridgehead atoms. The molecule has 4 aliphatic carbocycles. The average molecular weight is 524 g/mol. The van der Waals surface area contributed by atoms with Gasteiger partial charge >= 0.3 is 5.69 Å². The number of aliphatic hydroxyl groups is 2. The largest absolute Gasteiger partial charge is 0.387 e. The van der Waals surface area contributed by atoms with Crippen LogP contribution in [-0.4, -0.2) is 50.5 Å². The Balaban J connectivity index is 0.899. The van der Waals surface area contributed by atoms with Crippen LogP contribution < -0.4 is 16.6 Å². The van der Waals surface area contributed by atoms with E-state index in [1.165, 1.54) is 38.0 Å². The second kappa shape index (κ2) is 10.1. The van der Waals surface area contributed by atoms with Crippen molar-refractivity contribution >= 4 is 5.91 Å². The second-order valence-electron chi connectivity index (χ2n) is 12.0. The summed E-state index contributed by atoms with van der Waals surface area (Å²) in [5.41, 5.74) is -1.33. The molecule has 2 heterocycles. The molecule has 1 amide bonds. The Bertz CT molecular complexity index is 1270. The van der Waals surface area contributed by atoms with Crippen molar-refractivity contribution in [2.75, 3.05) is 6.54 Å². The molecule has 0 aromatic carbocycles. The quantitative estimate of drug-likeness (QED) is 0.209. The van der Waals surface area contributed by atoms with Gasteiger partial charge in [0.05, 0.1) is 0 Å². The summed E-state index contributed by atoms with van der Waals surface area (Å²) >= 11 is 0. The summed E-state index contributed by atoms with van der Waals surface area (Å²) in [4.78, 5) is 37.5. The van der Waals surface area contributed by atoms with Crippen LogP contribution in [0.25, 0.3) is 0 Å². The van der Waals surface area contributed by atoms with E-state index < -0.39 is 35.8 Å². The number of nitrogens with zero attached hydrogens (tertiary/aromatic N) is 1. The lowest BCUT2D eigenvalue weighted by Crippen LogP contribution is -2.39. The fourth-order valence-corrected chi connectivity index (χ4v) is 6.39. The number of aliphatic hydroxyl groups excluding tert-OH is 2. The van der Waals surface area contributed by atoms with Crippen molar-refractivity contribution in [1.82, 2.24) is 14.9 Å². The highest BCUT2D eigenvalue weighted by Gasteiger charge is 2.59. The number of hydrogen-bond acceptors (Lipinski definition) is 6. The molecule has 38 heavy (non-hydrogen) atoms. The minimum atomic E-state index is -1.38. The zero-order valence-electron chi connectivity index (χ0n) is 21.6. The number of allylic oxidation sites excluding steroid dienone is 5. The number of rotatable bonds is 10. The van der Waals surface area contributed by atoms with Gasteiger partial charge in [-0.2, -0.15) is 0 Å². The molecule has 5 aliphatic rings. The third kappa shape index (κ3) is 5.51. The molecule has 9 heteroatoms. The van der Waals surface area contributed by atoms with Crippen LogP contribution in [0.4, 0.5) is 0 Å². The molecule has 1 aromatic heterocycles. The molecule has 1 aromatic rings. The van der Waals surface area contributed by atoms with Gasteiger partial charge in [0.25, 0.3) is 5.56 Å². The van der Waals surface area contributed by atoms with Crippen molar-refractivity contribution in [3.05, 3.63) is 69.6 Å². The van der Waals surface area contributed by atoms with Crippen molar-refractivity contribution in [1.29, 1.82) is 0 Å². The number of nitrogens with one attached hydrogen (secondary N) is 2. The van der Waals surface area contributed by atoms with Crippen molar-refractivity contribution < 1.29 is 19.7 Å². The van der Waals surface area contributed by atoms with Crippen molar-refractivity contribution in [2.24, 2.45) is 47.3 Å². The summed E-state index contributed by atoms with van der Waals surface area (Å²) in [7, 11) is 0. The number of H-pyrrole nitrogens is 1. The highest BCUT2D eigenvalue weighted by atomic mass is 16.6. The van der Waals surface area contributed by atoms with Crippen molar-refractivity contribution in [3.63, 3.8) is 0 Å². The molecule has 9 nitrogen and oxygen atoms in total. The molecule has 4 saturated carbocycles. The van der Waals surface area contributed by atoms with Gasteiger partial charge in [0, 0.05) is 24.9 Å². The number of amides is 1. The SMILES string of the molecule is C[C@@H]1C[C@H]1/C=C/[C@@H]1C[C@@H]1[C@H]1C[C@H]1[C@@H]1C[C@@H]1/C=C/C=C/C(=O)NC[C@H]1O[C@@H](n2ccc(=O)[nH]c2=O)[C@H](O)[C@@H]1O. The predicted molar refractivity (Wildman–Crippen MR) is 140 cm³/mol. The lowest BCUT2D eigenvalue weighted by molar-refractivity contribution is -0.117. The predicted octanol–water partition coefficient (Wildman–Crippen LogP) is 1.50. The van der Waals surface area contributed by atoms with Gasteiger partial charge in [-0.3, -0.25) is 19.1 Å². The van der Waals surface area contributed by atoms with Gasteiger partial charge in [-0.15, -0.1) is 0 Å². The highest BCUT2D eigenvalue weighted by Crippen LogP contribution is 2.66. The first-order valence-electron chi connectivity index (χ1n) is 13.9. The van der Waals surface area contributed by atoms with Gasteiger partial charge in [-0.1, -0.05) is 37.3 Å². The Morgan fingerprint density at radius 1 is 1.00 bits per heavy atom. The van der Waals surface area contributed by atoms with Gasteiger partial charge in [0.1, 0.15) is 18.3 Å². The molecule has 0 radical (unpaired) electrons. The number of aromatic nitrogens is 2. The number of carbonyl (C=O) groups is 1. The van der Waals surface area contributed by atoms with Crippen LogP contribution >= 0.6 is 0 Å². The van der Waals surface area contributed by atoms with Crippen LogP contribution in [0.5, 0.6) is 0 Å². The number of carbonyl (C=O) groups excluding carboxylic acids is 1. The molecule has 12 atom stereocenters. The maximum absolute atomic E-state index is 12.2. The summed E-state index contributed by atoms with van der Waals surface area (Å²) in [6.07, 6.45) is 14.1. The Morgan fingerprint density at radius 2 is 1.68 bits per heavy atom. The van der Waals surface area contributed by atoms with E-state index in [0.717, 1.165) is 52.1 Å². The molecule has 204 valence electrons. The average Bonchev–Trinajstić information content (AvgIpc) is 3.71. The third-order valence-electron chi connectivity index (χ3n) is 9.21. The van der Waals surface area contributed by atoms with Crippen LogP contribution in [0.2, 0.25) is 0 Å². The maximum atomic E-state index is 12.2. The monoisotopic (exact) mass is 523 g/mol. The molecule has 0 spiro atoms. The van der Waals surface area contributed by atoms with Gasteiger partial charge in [-0.25, -0.2) is 4.79 Å². The van der Waals surface area contributed by atoms with Crippen LogP contribution in [0, 0.1) is 47.3 Å². The third-order valence-corrected chi connectivity index (χ3v) is 9.21. The second-order valence-corrected chi connectivity index (χ2v) is 12.0. The van der Waals surface area contributed by atoms with E-state index in [-0.39, 0.29) is 12.5 Å². The number of ether oxygens (including phenoxy) is 1. The van der Waals surface area contributed by atoms with Crippen LogP contribution in [0.3, 0.4) is 0 Å². The fraction of sp³-hybridized carbons (Fsp3) is 0.621. The first-order valence-corrected chi connectivity index (χ1v) is 13.9. The van der Waals surface area contributed by atoms with E-state index in [1.807, 2.05) is 6.08 Å². The fourth-order valence-electron chi connectivity index (χ4n) is 6.39. The van der Waals surface area contributed by atoms with Gasteiger partial charge in [-0.05, 0) is 73.0 Å². The Hall–Kier alpha value is -2.75. The molecule has 0 unspecified atom stereocenters. The number of hydrogen-bond donors (Lipinski definition) is 4. The van der Waals surface area contributed by atoms with E-state index in [2.05, 4.69) is 35.5 Å². The molecular weight excluding hydrogens is 486 g/mol. The van der Waals surface area contributed by atoms with E-state index in [0.29, 0.717) is 5.92 Å².